The van der Waals surface area contributed by atoms with Crippen LogP contribution in [0, 0.1) is 6.92 Å². The van der Waals surface area contributed by atoms with Crippen LogP contribution in [-0.2, 0) is 23.2 Å². The number of aromatic nitrogens is 1. The van der Waals surface area contributed by atoms with Gasteiger partial charge in [0, 0.05) is 23.3 Å². The van der Waals surface area contributed by atoms with Gasteiger partial charge in [-0.3, -0.25) is 0 Å². The maximum Gasteiger partial charge on any atom is 0.242 e. The molecule has 7 heteroatoms. The van der Waals surface area contributed by atoms with Crippen molar-refractivity contribution in [1.82, 2.24) is 9.71 Å². The zero-order valence-corrected chi connectivity index (χ0v) is 11.4. The Morgan fingerprint density at radius 3 is 2.83 bits per heavy atom. The van der Waals surface area contributed by atoms with Crippen LogP contribution in [0.2, 0.25) is 0 Å². The molecule has 0 saturated carbocycles. The maximum atomic E-state index is 12.0. The van der Waals surface area contributed by atoms with Crippen molar-refractivity contribution < 1.29 is 13.5 Å². The molecule has 0 fully saturated rings. The molecular formula is C11H14N2O3S2. The van der Waals surface area contributed by atoms with E-state index in [1.54, 1.807) is 0 Å². The van der Waals surface area contributed by atoms with Gasteiger partial charge in [0.15, 0.2) is 0 Å². The lowest BCUT2D eigenvalue weighted by molar-refractivity contribution is 0.277. The lowest BCUT2D eigenvalue weighted by Crippen LogP contribution is -2.22. The van der Waals surface area contributed by atoms with Crippen molar-refractivity contribution in [3.8, 4) is 0 Å². The van der Waals surface area contributed by atoms with Gasteiger partial charge in [0.1, 0.15) is 0 Å². The first-order valence-corrected chi connectivity index (χ1v) is 7.70. The second kappa shape index (κ2) is 5.23. The van der Waals surface area contributed by atoms with E-state index in [1.807, 2.05) is 18.4 Å². The van der Waals surface area contributed by atoms with Crippen LogP contribution in [0.1, 0.15) is 16.1 Å². The van der Waals surface area contributed by atoms with E-state index in [1.165, 1.54) is 23.6 Å². The molecule has 3 N–H and O–H groups in total. The smallest absolute Gasteiger partial charge is 0.242 e. The first-order chi connectivity index (χ1) is 8.53. The highest BCUT2D eigenvalue weighted by Gasteiger charge is 2.16. The maximum absolute atomic E-state index is 12.0. The number of aliphatic hydroxyl groups is 1. The lowest BCUT2D eigenvalue weighted by Gasteiger charge is -2.04. The fourth-order valence-corrected chi connectivity index (χ4v) is 3.44. The summed E-state index contributed by atoms with van der Waals surface area (Å²) >= 11 is 1.52. The van der Waals surface area contributed by atoms with E-state index in [0.29, 0.717) is 5.69 Å². The molecular weight excluding hydrogens is 272 g/mol. The van der Waals surface area contributed by atoms with E-state index < -0.39 is 10.0 Å². The molecule has 0 aliphatic heterocycles. The fourth-order valence-electron chi connectivity index (χ4n) is 1.49. The number of aryl methyl sites for hydroxylation is 1. The van der Waals surface area contributed by atoms with Crippen LogP contribution in [0.5, 0.6) is 0 Å². The van der Waals surface area contributed by atoms with Gasteiger partial charge in [-0.1, -0.05) is 0 Å². The highest BCUT2D eigenvalue weighted by atomic mass is 32.2. The minimum atomic E-state index is -3.53. The largest absolute Gasteiger partial charge is 0.390 e. The zero-order valence-electron chi connectivity index (χ0n) is 9.80. The molecule has 98 valence electrons. The van der Waals surface area contributed by atoms with E-state index in [2.05, 4.69) is 9.71 Å². The van der Waals surface area contributed by atoms with Gasteiger partial charge < -0.3 is 10.1 Å². The minimum absolute atomic E-state index is 0.140. The van der Waals surface area contributed by atoms with E-state index >= 15 is 0 Å². The molecule has 2 rings (SSSR count). The van der Waals surface area contributed by atoms with Gasteiger partial charge in [0.2, 0.25) is 10.0 Å². The van der Waals surface area contributed by atoms with E-state index in [4.69, 9.17) is 5.11 Å². The van der Waals surface area contributed by atoms with E-state index in [0.717, 1.165) is 10.4 Å². The number of nitrogens with one attached hydrogen (secondary N) is 2. The van der Waals surface area contributed by atoms with E-state index in [9.17, 15) is 8.42 Å². The van der Waals surface area contributed by atoms with Crippen molar-refractivity contribution in [2.24, 2.45) is 0 Å². The van der Waals surface area contributed by atoms with Gasteiger partial charge in [-0.05, 0) is 30.0 Å². The molecule has 0 atom stereocenters. The Balaban J connectivity index is 2.10. The predicted octanol–water partition coefficient (Wildman–Crippen LogP) is 1.36. The Morgan fingerprint density at radius 2 is 2.28 bits per heavy atom. The van der Waals surface area contributed by atoms with Crippen LogP contribution in [0.15, 0.2) is 28.6 Å². The molecule has 0 unspecified atom stereocenters. The second-order valence-electron chi connectivity index (χ2n) is 3.87. The lowest BCUT2D eigenvalue weighted by atomic mass is 10.3. The van der Waals surface area contributed by atoms with Gasteiger partial charge in [0.25, 0.3) is 0 Å². The van der Waals surface area contributed by atoms with Crippen LogP contribution in [-0.4, -0.2) is 18.5 Å². The molecule has 0 amide bonds. The van der Waals surface area contributed by atoms with Crippen molar-refractivity contribution in [1.29, 1.82) is 0 Å². The van der Waals surface area contributed by atoms with Crippen LogP contribution >= 0.6 is 11.3 Å². The number of sulfonamides is 1. The van der Waals surface area contributed by atoms with Gasteiger partial charge in [-0.2, -0.15) is 0 Å². The standard InChI is InChI=1S/C11H14N2O3S2/c1-8-2-3-17-11(8)6-13-18(15,16)10-4-9(7-14)12-5-10/h2-5,12-14H,6-7H2,1H3. The van der Waals surface area contributed by atoms with Crippen LogP contribution in [0.3, 0.4) is 0 Å². The minimum Gasteiger partial charge on any atom is -0.390 e. The summed E-state index contributed by atoms with van der Waals surface area (Å²) in [5.41, 5.74) is 1.55. The summed E-state index contributed by atoms with van der Waals surface area (Å²) in [6, 6.07) is 3.37. The summed E-state index contributed by atoms with van der Waals surface area (Å²) in [5.74, 6) is 0. The number of aliphatic hydroxyl groups excluding tert-OH is 1. The molecule has 0 radical (unpaired) electrons. The molecule has 0 aliphatic carbocycles. The number of hydrogen-bond donors (Lipinski definition) is 3. The fraction of sp³-hybridized carbons (Fsp3) is 0.273. The van der Waals surface area contributed by atoms with Crippen molar-refractivity contribution in [3.63, 3.8) is 0 Å². The average Bonchev–Trinajstić information content (AvgIpc) is 2.95. The van der Waals surface area contributed by atoms with E-state index in [-0.39, 0.29) is 18.0 Å². The van der Waals surface area contributed by atoms with Crippen molar-refractivity contribution in [3.05, 3.63) is 39.8 Å². The van der Waals surface area contributed by atoms with Crippen LogP contribution in [0.4, 0.5) is 0 Å². The third kappa shape index (κ3) is 2.81. The van der Waals surface area contributed by atoms with Crippen molar-refractivity contribution >= 4 is 21.4 Å². The Labute approximate surface area is 110 Å². The second-order valence-corrected chi connectivity index (χ2v) is 6.64. The molecule has 0 bridgehead atoms. The van der Waals surface area contributed by atoms with Gasteiger partial charge in [-0.15, -0.1) is 11.3 Å². The number of H-pyrrole nitrogens is 1. The average molecular weight is 286 g/mol. The Kier molecular flexibility index (Phi) is 3.86. The summed E-state index contributed by atoms with van der Waals surface area (Å²) < 4.78 is 26.5. The topological polar surface area (TPSA) is 82.2 Å². The molecule has 2 aromatic heterocycles. The van der Waals surface area contributed by atoms with Gasteiger partial charge >= 0.3 is 0 Å². The molecule has 5 nitrogen and oxygen atoms in total. The summed E-state index contributed by atoms with van der Waals surface area (Å²) in [5, 5.41) is 10.8. The van der Waals surface area contributed by atoms with Crippen molar-refractivity contribution in [2.45, 2.75) is 25.0 Å². The monoisotopic (exact) mass is 286 g/mol. The summed E-state index contributed by atoms with van der Waals surface area (Å²) in [6.07, 6.45) is 1.37. The summed E-state index contributed by atoms with van der Waals surface area (Å²) in [6.45, 7) is 2.02. The number of thiophene rings is 1. The quantitative estimate of drug-likeness (QED) is 0.776. The predicted molar refractivity (Wildman–Crippen MR) is 69.8 cm³/mol. The molecule has 0 saturated heterocycles. The first kappa shape index (κ1) is 13.3. The molecule has 2 aromatic rings. The normalized spacial score (nSPS) is 11.9. The third-order valence-electron chi connectivity index (χ3n) is 2.59. The SMILES string of the molecule is Cc1ccsc1CNS(=O)(=O)c1c[nH]c(CO)c1. The van der Waals surface area contributed by atoms with Gasteiger partial charge in [0.05, 0.1) is 11.5 Å². The molecule has 0 aromatic carbocycles. The van der Waals surface area contributed by atoms with Crippen molar-refractivity contribution in [2.75, 3.05) is 0 Å². The number of rotatable bonds is 5. The Morgan fingerprint density at radius 1 is 1.50 bits per heavy atom. The van der Waals surface area contributed by atoms with Crippen LogP contribution < -0.4 is 4.72 Å². The molecule has 0 aliphatic rings. The molecule has 18 heavy (non-hydrogen) atoms. The zero-order chi connectivity index (χ0) is 13.2. The number of hydrogen-bond acceptors (Lipinski definition) is 4. The summed E-state index contributed by atoms with van der Waals surface area (Å²) in [7, 11) is -3.53. The first-order valence-electron chi connectivity index (χ1n) is 5.34. The highest BCUT2D eigenvalue weighted by molar-refractivity contribution is 7.89. The van der Waals surface area contributed by atoms with Crippen LogP contribution in [0.25, 0.3) is 0 Å². The third-order valence-corrected chi connectivity index (χ3v) is 4.99. The number of aromatic amines is 1. The summed E-state index contributed by atoms with van der Waals surface area (Å²) in [4.78, 5) is 3.84. The Hall–Kier alpha value is -1.15. The molecule has 0 spiro atoms. The van der Waals surface area contributed by atoms with Gasteiger partial charge in [-0.25, -0.2) is 13.1 Å². The molecule has 2 heterocycles. The Bertz CT molecular complexity index is 628. The highest BCUT2D eigenvalue weighted by Crippen LogP contribution is 2.17.